The highest BCUT2D eigenvalue weighted by molar-refractivity contribution is 5.89. The lowest BCUT2D eigenvalue weighted by Gasteiger charge is -2.20. The van der Waals surface area contributed by atoms with Crippen LogP contribution >= 0.6 is 0 Å². The Morgan fingerprint density at radius 3 is 2.73 bits per heavy atom. The number of fused-ring (bicyclic) bond motifs is 1. The fourth-order valence-electron chi connectivity index (χ4n) is 2.59. The lowest BCUT2D eigenvalue weighted by molar-refractivity contribution is -0.121. The van der Waals surface area contributed by atoms with Crippen molar-refractivity contribution in [2.45, 2.75) is 19.4 Å². The Hall–Kier alpha value is -2.75. The number of phenols is 1. The molecule has 0 radical (unpaired) electrons. The van der Waals surface area contributed by atoms with Crippen LogP contribution in [0.3, 0.4) is 0 Å². The highest BCUT2D eigenvalue weighted by Crippen LogP contribution is 2.35. The smallest absolute Gasteiger partial charge is 0.220 e. The van der Waals surface area contributed by atoms with Crippen LogP contribution in [-0.4, -0.2) is 11.0 Å². The van der Waals surface area contributed by atoms with Crippen molar-refractivity contribution in [3.63, 3.8) is 0 Å². The summed E-state index contributed by atoms with van der Waals surface area (Å²) in [6, 6.07) is 14.3. The lowest BCUT2D eigenvalue weighted by atomic mass is 9.96. The first-order valence-electron chi connectivity index (χ1n) is 7.24. The molecule has 0 bridgehead atoms. The summed E-state index contributed by atoms with van der Waals surface area (Å²) in [6.07, 6.45) is 1.92. The van der Waals surface area contributed by atoms with Gasteiger partial charge in [-0.1, -0.05) is 37.3 Å². The van der Waals surface area contributed by atoms with Crippen molar-refractivity contribution in [1.82, 2.24) is 5.32 Å². The minimum absolute atomic E-state index is 0.103. The molecule has 3 rings (SSSR count). The average Bonchev–Trinajstić information content (AvgIpc) is 3.07. The number of rotatable bonds is 4. The van der Waals surface area contributed by atoms with E-state index in [1.54, 1.807) is 31.4 Å². The Labute approximate surface area is 128 Å². The van der Waals surface area contributed by atoms with E-state index in [0.29, 0.717) is 17.7 Å². The minimum atomic E-state index is -0.520. The molecule has 0 aliphatic rings. The molecule has 0 spiro atoms. The Morgan fingerprint density at radius 1 is 1.18 bits per heavy atom. The third kappa shape index (κ3) is 2.55. The van der Waals surface area contributed by atoms with E-state index in [1.807, 2.05) is 30.3 Å². The monoisotopic (exact) mass is 295 g/mol. The van der Waals surface area contributed by atoms with Gasteiger partial charge in [0.15, 0.2) is 0 Å². The van der Waals surface area contributed by atoms with Crippen molar-refractivity contribution >= 4 is 16.7 Å². The molecule has 0 aliphatic heterocycles. The molecular weight excluding hydrogens is 278 g/mol. The molecule has 112 valence electrons. The molecule has 0 fully saturated rings. The molecule has 1 amide bonds. The van der Waals surface area contributed by atoms with Gasteiger partial charge in [-0.2, -0.15) is 0 Å². The van der Waals surface area contributed by atoms with Crippen LogP contribution in [-0.2, 0) is 4.79 Å². The second kappa shape index (κ2) is 5.93. The van der Waals surface area contributed by atoms with Gasteiger partial charge in [0.25, 0.3) is 0 Å². The molecule has 3 aromatic rings. The van der Waals surface area contributed by atoms with Gasteiger partial charge < -0.3 is 14.8 Å². The van der Waals surface area contributed by atoms with Crippen molar-refractivity contribution in [2.75, 3.05) is 0 Å². The summed E-state index contributed by atoms with van der Waals surface area (Å²) in [6.45, 7) is 1.79. The zero-order valence-corrected chi connectivity index (χ0v) is 12.2. The van der Waals surface area contributed by atoms with Gasteiger partial charge in [-0.05, 0) is 29.0 Å². The number of amides is 1. The molecule has 1 atom stereocenters. The first kappa shape index (κ1) is 14.2. The fourth-order valence-corrected chi connectivity index (χ4v) is 2.59. The summed E-state index contributed by atoms with van der Waals surface area (Å²) in [5, 5.41) is 15.2. The first-order chi connectivity index (χ1) is 10.7. The van der Waals surface area contributed by atoms with Crippen LogP contribution in [0.25, 0.3) is 10.8 Å². The largest absolute Gasteiger partial charge is 0.508 e. The normalized spacial score (nSPS) is 12.2. The average molecular weight is 295 g/mol. The summed E-state index contributed by atoms with van der Waals surface area (Å²) in [5.41, 5.74) is 0.648. The van der Waals surface area contributed by atoms with Crippen LogP contribution in [0.1, 0.15) is 30.7 Å². The van der Waals surface area contributed by atoms with E-state index in [1.165, 1.54) is 0 Å². The van der Waals surface area contributed by atoms with Gasteiger partial charge in [0, 0.05) is 12.0 Å². The standard InChI is InChI=1S/C18H17NO3/c1-2-16(21)19-18(15-8-5-11-22-15)17-13-7-4-3-6-12(13)9-10-14(17)20/h3-11,18,20H,2H2,1H3,(H,19,21)/t18-/m0/s1. The molecule has 1 aromatic heterocycles. The number of aromatic hydroxyl groups is 1. The SMILES string of the molecule is CCC(=O)N[C@@H](c1ccco1)c1c(O)ccc2ccccc12. The first-order valence-corrected chi connectivity index (χ1v) is 7.24. The van der Waals surface area contributed by atoms with E-state index in [4.69, 9.17) is 4.42 Å². The number of carbonyl (C=O) groups is 1. The van der Waals surface area contributed by atoms with Gasteiger partial charge in [-0.3, -0.25) is 4.79 Å². The van der Waals surface area contributed by atoms with E-state index in [2.05, 4.69) is 5.32 Å². The maximum absolute atomic E-state index is 11.9. The predicted molar refractivity (Wildman–Crippen MR) is 84.6 cm³/mol. The Kier molecular flexibility index (Phi) is 3.83. The van der Waals surface area contributed by atoms with E-state index in [-0.39, 0.29) is 11.7 Å². The number of hydrogen-bond donors (Lipinski definition) is 2. The Morgan fingerprint density at radius 2 is 2.00 bits per heavy atom. The van der Waals surface area contributed by atoms with Gasteiger partial charge in [-0.25, -0.2) is 0 Å². The summed E-state index contributed by atoms with van der Waals surface area (Å²) in [7, 11) is 0. The van der Waals surface area contributed by atoms with Crippen molar-refractivity contribution in [3.05, 3.63) is 66.1 Å². The van der Waals surface area contributed by atoms with Crippen molar-refractivity contribution in [2.24, 2.45) is 0 Å². The molecule has 2 N–H and O–H groups in total. The number of nitrogens with one attached hydrogen (secondary N) is 1. The quantitative estimate of drug-likeness (QED) is 0.770. The molecule has 2 aromatic carbocycles. The number of carbonyl (C=O) groups excluding carboxylic acids is 1. The number of hydrogen-bond acceptors (Lipinski definition) is 3. The van der Waals surface area contributed by atoms with E-state index < -0.39 is 6.04 Å². The third-order valence-electron chi connectivity index (χ3n) is 3.69. The van der Waals surface area contributed by atoms with Crippen molar-refractivity contribution in [3.8, 4) is 5.75 Å². The molecule has 22 heavy (non-hydrogen) atoms. The zero-order chi connectivity index (χ0) is 15.5. The number of phenolic OH excluding ortho intramolecular Hbond substituents is 1. The summed E-state index contributed by atoms with van der Waals surface area (Å²) in [5.74, 6) is 0.624. The van der Waals surface area contributed by atoms with Crippen molar-refractivity contribution in [1.29, 1.82) is 0 Å². The van der Waals surface area contributed by atoms with Gasteiger partial charge >= 0.3 is 0 Å². The molecule has 0 unspecified atom stereocenters. The second-order valence-corrected chi connectivity index (χ2v) is 5.09. The van der Waals surface area contributed by atoms with E-state index in [0.717, 1.165) is 10.8 Å². The minimum Gasteiger partial charge on any atom is -0.508 e. The second-order valence-electron chi connectivity index (χ2n) is 5.09. The van der Waals surface area contributed by atoms with Crippen LogP contribution in [0, 0.1) is 0 Å². The third-order valence-corrected chi connectivity index (χ3v) is 3.69. The summed E-state index contributed by atoms with van der Waals surface area (Å²) in [4.78, 5) is 11.9. The Bertz CT molecular complexity index is 793. The van der Waals surface area contributed by atoms with Gasteiger partial charge in [0.2, 0.25) is 5.91 Å². The van der Waals surface area contributed by atoms with Crippen LogP contribution in [0.5, 0.6) is 5.75 Å². The van der Waals surface area contributed by atoms with Gasteiger partial charge in [0.05, 0.1) is 6.26 Å². The molecule has 0 saturated heterocycles. The predicted octanol–water partition coefficient (Wildman–Crippen LogP) is 3.75. The summed E-state index contributed by atoms with van der Waals surface area (Å²) < 4.78 is 5.47. The zero-order valence-electron chi connectivity index (χ0n) is 12.2. The maximum Gasteiger partial charge on any atom is 0.220 e. The van der Waals surface area contributed by atoms with Crippen molar-refractivity contribution < 1.29 is 14.3 Å². The molecule has 0 saturated carbocycles. The van der Waals surface area contributed by atoms with Crippen LogP contribution in [0.15, 0.2) is 59.2 Å². The van der Waals surface area contributed by atoms with E-state index >= 15 is 0 Å². The molecule has 4 nitrogen and oxygen atoms in total. The van der Waals surface area contributed by atoms with Crippen LogP contribution in [0.2, 0.25) is 0 Å². The summed E-state index contributed by atoms with van der Waals surface area (Å²) >= 11 is 0. The molecule has 4 heteroatoms. The highest BCUT2D eigenvalue weighted by atomic mass is 16.3. The van der Waals surface area contributed by atoms with Gasteiger partial charge in [-0.15, -0.1) is 0 Å². The van der Waals surface area contributed by atoms with E-state index in [9.17, 15) is 9.90 Å². The maximum atomic E-state index is 11.9. The fraction of sp³-hybridized carbons (Fsp3) is 0.167. The highest BCUT2D eigenvalue weighted by Gasteiger charge is 2.24. The number of benzene rings is 2. The Balaban J connectivity index is 2.19. The van der Waals surface area contributed by atoms with Crippen LogP contribution in [0.4, 0.5) is 0 Å². The molecule has 1 heterocycles. The lowest BCUT2D eigenvalue weighted by Crippen LogP contribution is -2.28. The molecular formula is C18H17NO3. The van der Waals surface area contributed by atoms with Crippen LogP contribution < -0.4 is 5.32 Å². The number of furan rings is 1. The van der Waals surface area contributed by atoms with Gasteiger partial charge in [0.1, 0.15) is 17.6 Å². The molecule has 0 aliphatic carbocycles. The topological polar surface area (TPSA) is 62.5 Å².